The molecule has 0 saturated heterocycles. The van der Waals surface area contributed by atoms with Crippen LogP contribution in [-0.2, 0) is 0 Å². The van der Waals surface area contributed by atoms with Gasteiger partial charge in [-0.25, -0.2) is 0 Å². The fourth-order valence-corrected chi connectivity index (χ4v) is 1.76. The maximum atomic E-state index is 8.83. The first-order valence-corrected chi connectivity index (χ1v) is 5.35. The Labute approximate surface area is 80.9 Å². The summed E-state index contributed by atoms with van der Waals surface area (Å²) in [5.74, 6) is 0.894. The molecule has 3 nitrogen and oxygen atoms in total. The largest absolute Gasteiger partial charge is 0.395 e. The highest BCUT2D eigenvalue weighted by Crippen LogP contribution is 2.26. The number of rotatable bonds is 6. The minimum atomic E-state index is -0.0694. The van der Waals surface area contributed by atoms with Gasteiger partial charge in [-0.05, 0) is 25.3 Å². The minimum Gasteiger partial charge on any atom is -0.395 e. The highest BCUT2D eigenvalue weighted by atomic mass is 16.3. The molecule has 3 N–H and O–H groups in total. The van der Waals surface area contributed by atoms with Crippen LogP contribution in [0.4, 0.5) is 0 Å². The lowest BCUT2D eigenvalue weighted by Crippen LogP contribution is -2.42. The van der Waals surface area contributed by atoms with Gasteiger partial charge in [0.2, 0.25) is 0 Å². The molecular formula is C10H22N2O. The van der Waals surface area contributed by atoms with Crippen molar-refractivity contribution in [1.82, 2.24) is 4.90 Å². The van der Waals surface area contributed by atoms with E-state index in [1.54, 1.807) is 0 Å². The van der Waals surface area contributed by atoms with Crippen molar-refractivity contribution in [2.24, 2.45) is 11.7 Å². The predicted molar refractivity (Wildman–Crippen MR) is 54.5 cm³/mol. The quantitative estimate of drug-likeness (QED) is 0.632. The molecule has 0 amide bonds. The average Bonchev–Trinajstić information content (AvgIpc) is 2.08. The molecular weight excluding hydrogens is 164 g/mol. The SMILES string of the molecule is CCN(CC(N)CO)CC1CCC1. The maximum absolute atomic E-state index is 8.83. The first-order chi connectivity index (χ1) is 6.26. The number of aliphatic hydroxyl groups is 1. The Morgan fingerprint density at radius 2 is 2.23 bits per heavy atom. The van der Waals surface area contributed by atoms with Gasteiger partial charge in [-0.2, -0.15) is 0 Å². The first kappa shape index (κ1) is 11.0. The molecule has 1 fully saturated rings. The second-order valence-electron chi connectivity index (χ2n) is 4.09. The van der Waals surface area contributed by atoms with E-state index in [0.717, 1.165) is 19.0 Å². The Morgan fingerprint density at radius 3 is 2.62 bits per heavy atom. The summed E-state index contributed by atoms with van der Waals surface area (Å²) < 4.78 is 0. The van der Waals surface area contributed by atoms with E-state index in [-0.39, 0.29) is 12.6 Å². The molecule has 0 heterocycles. The van der Waals surface area contributed by atoms with E-state index in [2.05, 4.69) is 11.8 Å². The minimum absolute atomic E-state index is 0.0694. The number of nitrogens with two attached hydrogens (primary N) is 1. The average molecular weight is 186 g/mol. The van der Waals surface area contributed by atoms with Crippen LogP contribution in [0.15, 0.2) is 0 Å². The molecule has 1 unspecified atom stereocenters. The first-order valence-electron chi connectivity index (χ1n) is 5.35. The van der Waals surface area contributed by atoms with E-state index < -0.39 is 0 Å². The normalized spacial score (nSPS) is 20.3. The molecule has 0 aromatic carbocycles. The zero-order valence-corrected chi connectivity index (χ0v) is 8.58. The van der Waals surface area contributed by atoms with Crippen LogP contribution in [0.3, 0.4) is 0 Å². The highest BCUT2D eigenvalue weighted by molar-refractivity contribution is 4.75. The van der Waals surface area contributed by atoms with Crippen molar-refractivity contribution in [2.45, 2.75) is 32.2 Å². The fourth-order valence-electron chi connectivity index (χ4n) is 1.76. The van der Waals surface area contributed by atoms with Crippen molar-refractivity contribution in [3.8, 4) is 0 Å². The zero-order valence-electron chi connectivity index (χ0n) is 8.58. The highest BCUT2D eigenvalue weighted by Gasteiger charge is 2.20. The molecule has 0 radical (unpaired) electrons. The van der Waals surface area contributed by atoms with E-state index in [9.17, 15) is 0 Å². The summed E-state index contributed by atoms with van der Waals surface area (Å²) in [6.07, 6.45) is 4.16. The van der Waals surface area contributed by atoms with Crippen LogP contribution >= 0.6 is 0 Å². The summed E-state index contributed by atoms with van der Waals surface area (Å²) in [4.78, 5) is 2.35. The van der Waals surface area contributed by atoms with Gasteiger partial charge in [0.25, 0.3) is 0 Å². The topological polar surface area (TPSA) is 49.5 Å². The molecule has 0 aromatic heterocycles. The fraction of sp³-hybridized carbons (Fsp3) is 1.00. The second-order valence-corrected chi connectivity index (χ2v) is 4.09. The summed E-state index contributed by atoms with van der Waals surface area (Å²) in [5, 5.41) is 8.83. The lowest BCUT2D eigenvalue weighted by atomic mass is 9.85. The van der Waals surface area contributed by atoms with Crippen molar-refractivity contribution in [3.05, 3.63) is 0 Å². The van der Waals surface area contributed by atoms with Crippen LogP contribution in [0.1, 0.15) is 26.2 Å². The van der Waals surface area contributed by atoms with Crippen molar-refractivity contribution < 1.29 is 5.11 Å². The molecule has 0 aliphatic heterocycles. The van der Waals surface area contributed by atoms with E-state index in [1.807, 2.05) is 0 Å². The third-order valence-corrected chi connectivity index (χ3v) is 2.92. The molecule has 0 spiro atoms. The molecule has 3 heteroatoms. The molecule has 0 aromatic rings. The summed E-state index contributed by atoms with van der Waals surface area (Å²) in [6, 6.07) is -0.0694. The van der Waals surface area contributed by atoms with Gasteiger partial charge in [0.15, 0.2) is 0 Å². The van der Waals surface area contributed by atoms with Crippen molar-refractivity contribution in [2.75, 3.05) is 26.2 Å². The molecule has 13 heavy (non-hydrogen) atoms. The van der Waals surface area contributed by atoms with Crippen molar-refractivity contribution in [3.63, 3.8) is 0 Å². The molecule has 1 atom stereocenters. The van der Waals surface area contributed by atoms with Gasteiger partial charge < -0.3 is 15.7 Å². The van der Waals surface area contributed by atoms with Crippen LogP contribution in [0.5, 0.6) is 0 Å². The lowest BCUT2D eigenvalue weighted by molar-refractivity contribution is 0.157. The number of nitrogens with zero attached hydrogens (tertiary/aromatic N) is 1. The van der Waals surface area contributed by atoms with Crippen LogP contribution in [0, 0.1) is 5.92 Å². The second kappa shape index (κ2) is 5.58. The van der Waals surface area contributed by atoms with Crippen LogP contribution in [0.2, 0.25) is 0 Å². The number of aliphatic hydroxyl groups excluding tert-OH is 1. The number of hydrogen-bond acceptors (Lipinski definition) is 3. The van der Waals surface area contributed by atoms with Gasteiger partial charge in [0.05, 0.1) is 6.61 Å². The molecule has 1 saturated carbocycles. The third-order valence-electron chi connectivity index (χ3n) is 2.92. The summed E-state index contributed by atoms with van der Waals surface area (Å²) >= 11 is 0. The standard InChI is InChI=1S/C10H22N2O/c1-2-12(7-10(11)8-13)6-9-4-3-5-9/h9-10,13H,2-8,11H2,1H3. The van der Waals surface area contributed by atoms with E-state index >= 15 is 0 Å². The molecule has 1 rings (SSSR count). The van der Waals surface area contributed by atoms with Gasteiger partial charge in [-0.1, -0.05) is 13.3 Å². The molecule has 1 aliphatic carbocycles. The van der Waals surface area contributed by atoms with E-state index in [4.69, 9.17) is 10.8 Å². The Hall–Kier alpha value is -0.120. The smallest absolute Gasteiger partial charge is 0.0595 e. The van der Waals surface area contributed by atoms with Crippen LogP contribution in [0.25, 0.3) is 0 Å². The lowest BCUT2D eigenvalue weighted by Gasteiger charge is -2.32. The van der Waals surface area contributed by atoms with Gasteiger partial charge in [-0.3, -0.25) is 0 Å². The predicted octanol–water partition coefficient (Wildman–Crippen LogP) is 0.428. The maximum Gasteiger partial charge on any atom is 0.0595 e. The number of hydrogen-bond donors (Lipinski definition) is 2. The Balaban J connectivity index is 2.16. The van der Waals surface area contributed by atoms with Crippen LogP contribution in [-0.4, -0.2) is 42.3 Å². The molecule has 0 bridgehead atoms. The monoisotopic (exact) mass is 186 g/mol. The Morgan fingerprint density at radius 1 is 1.54 bits per heavy atom. The summed E-state index contributed by atoms with van der Waals surface area (Å²) in [6.45, 7) is 5.31. The third kappa shape index (κ3) is 3.63. The zero-order chi connectivity index (χ0) is 9.68. The van der Waals surface area contributed by atoms with Gasteiger partial charge in [-0.15, -0.1) is 0 Å². The van der Waals surface area contributed by atoms with Gasteiger partial charge in [0.1, 0.15) is 0 Å². The molecule has 78 valence electrons. The summed E-state index contributed by atoms with van der Waals surface area (Å²) in [5.41, 5.74) is 5.69. The Kier molecular flexibility index (Phi) is 4.70. The van der Waals surface area contributed by atoms with E-state index in [0.29, 0.717) is 0 Å². The number of likely N-dealkylation sites (N-methyl/N-ethyl adjacent to an activating group) is 1. The Bertz CT molecular complexity index is 130. The summed E-state index contributed by atoms with van der Waals surface area (Å²) in [7, 11) is 0. The van der Waals surface area contributed by atoms with Crippen molar-refractivity contribution in [1.29, 1.82) is 0 Å². The van der Waals surface area contributed by atoms with Crippen LogP contribution < -0.4 is 5.73 Å². The van der Waals surface area contributed by atoms with Gasteiger partial charge >= 0.3 is 0 Å². The molecule has 1 aliphatic rings. The van der Waals surface area contributed by atoms with Crippen molar-refractivity contribution >= 4 is 0 Å². The van der Waals surface area contributed by atoms with Gasteiger partial charge in [0, 0.05) is 19.1 Å². The van der Waals surface area contributed by atoms with E-state index in [1.165, 1.54) is 25.8 Å².